The summed E-state index contributed by atoms with van der Waals surface area (Å²) in [5.41, 5.74) is 1.83. The molecule has 0 bridgehead atoms. The molecule has 42 heavy (non-hydrogen) atoms. The van der Waals surface area contributed by atoms with Crippen molar-refractivity contribution in [1.82, 2.24) is 5.32 Å². The molecular weight excluding hydrogens is 595 g/mol. The highest BCUT2D eigenvalue weighted by Crippen LogP contribution is 2.28. The van der Waals surface area contributed by atoms with Gasteiger partial charge in [-0.25, -0.2) is 0 Å². The molecule has 10 heteroatoms. The van der Waals surface area contributed by atoms with Gasteiger partial charge in [-0.2, -0.15) is 0 Å². The quantitative estimate of drug-likeness (QED) is 0.103. The summed E-state index contributed by atoms with van der Waals surface area (Å²) in [6.07, 6.45) is 1.52. The number of anilines is 1. The maximum absolute atomic E-state index is 13.4. The van der Waals surface area contributed by atoms with Gasteiger partial charge in [0, 0.05) is 32.3 Å². The maximum atomic E-state index is 13.4. The third-order valence-electron chi connectivity index (χ3n) is 5.98. The average Bonchev–Trinajstić information content (AvgIpc) is 3.00. The number of carbonyl (C=O) groups excluding carboxylic acids is 3. The lowest BCUT2D eigenvalue weighted by molar-refractivity contribution is -0.113. The van der Waals surface area contributed by atoms with Gasteiger partial charge in [0.2, 0.25) is 0 Å². The molecule has 2 N–H and O–H groups in total. The topological polar surface area (TPSA) is 93.7 Å². The Kier molecular flexibility index (Phi) is 10.7. The number of hydrogen-bond acceptors (Lipinski definition) is 6. The van der Waals surface area contributed by atoms with Gasteiger partial charge in [-0.3, -0.25) is 14.4 Å². The van der Waals surface area contributed by atoms with Gasteiger partial charge in [0.1, 0.15) is 17.2 Å². The van der Waals surface area contributed by atoms with Crippen molar-refractivity contribution in [2.45, 2.75) is 4.90 Å². The Bertz CT molecular complexity index is 1630. The number of nitrogens with one attached hydrogen (secondary N) is 2. The second kappa shape index (κ2) is 14.6. The van der Waals surface area contributed by atoms with E-state index in [4.69, 9.17) is 32.7 Å². The number of thioether (sulfide) groups is 1. The van der Waals surface area contributed by atoms with Gasteiger partial charge in [0.25, 0.3) is 11.8 Å². The number of Topliss-reactive ketones (excluding diaryl/α,β-unsaturated/α-hetero) is 1. The summed E-state index contributed by atoms with van der Waals surface area (Å²) in [4.78, 5) is 39.8. The molecule has 0 spiro atoms. The Morgan fingerprint density at radius 3 is 2.26 bits per heavy atom. The van der Waals surface area contributed by atoms with Crippen LogP contribution in [0.4, 0.5) is 5.69 Å². The summed E-state index contributed by atoms with van der Waals surface area (Å²) >= 11 is 13.4. The van der Waals surface area contributed by atoms with Crippen molar-refractivity contribution in [3.8, 4) is 11.5 Å². The lowest BCUT2D eigenvalue weighted by Crippen LogP contribution is -2.30. The van der Waals surface area contributed by atoms with Crippen molar-refractivity contribution >= 4 is 64.3 Å². The number of rotatable bonds is 11. The minimum Gasteiger partial charge on any atom is -0.497 e. The molecule has 7 nitrogen and oxygen atoms in total. The van der Waals surface area contributed by atoms with Crippen molar-refractivity contribution in [2.75, 3.05) is 25.3 Å². The van der Waals surface area contributed by atoms with Gasteiger partial charge in [0.05, 0.1) is 25.0 Å². The number of halogens is 2. The Morgan fingerprint density at radius 1 is 0.857 bits per heavy atom. The van der Waals surface area contributed by atoms with Crippen molar-refractivity contribution in [1.29, 1.82) is 0 Å². The summed E-state index contributed by atoms with van der Waals surface area (Å²) < 4.78 is 10.8. The van der Waals surface area contributed by atoms with Crippen molar-refractivity contribution in [2.24, 2.45) is 0 Å². The van der Waals surface area contributed by atoms with Gasteiger partial charge >= 0.3 is 0 Å². The first-order valence-corrected chi connectivity index (χ1v) is 14.3. The highest BCUT2D eigenvalue weighted by Gasteiger charge is 2.17. The van der Waals surface area contributed by atoms with E-state index in [0.717, 1.165) is 4.90 Å². The predicted molar refractivity (Wildman–Crippen MR) is 168 cm³/mol. The maximum Gasteiger partial charge on any atom is 0.272 e. The van der Waals surface area contributed by atoms with Crippen LogP contribution in [0.3, 0.4) is 0 Å². The molecule has 4 aromatic rings. The second-order valence-electron chi connectivity index (χ2n) is 8.80. The molecule has 0 aliphatic rings. The minimum atomic E-state index is -0.544. The summed E-state index contributed by atoms with van der Waals surface area (Å²) in [6.45, 7) is 0. The van der Waals surface area contributed by atoms with Gasteiger partial charge in [-0.05, 0) is 78.9 Å². The van der Waals surface area contributed by atoms with Crippen molar-refractivity contribution < 1.29 is 23.9 Å². The summed E-state index contributed by atoms with van der Waals surface area (Å²) in [5.74, 6) is 0.101. The van der Waals surface area contributed by atoms with E-state index in [-0.39, 0.29) is 17.2 Å². The largest absolute Gasteiger partial charge is 0.497 e. The SMILES string of the molecule is COc1ccc(OC)c(/C=C(\NC(=O)c2ccccc2)C(=O)Nc2ccc(SCC(=O)c3ccc(Cl)cc3Cl)cc2)c1. The van der Waals surface area contributed by atoms with Gasteiger partial charge in [-0.1, -0.05) is 41.4 Å². The zero-order chi connectivity index (χ0) is 30.1. The fraction of sp³-hybridized carbons (Fsp3) is 0.0938. The van der Waals surface area contributed by atoms with Crippen molar-refractivity contribution in [3.63, 3.8) is 0 Å². The van der Waals surface area contributed by atoms with Gasteiger partial charge in [0.15, 0.2) is 5.78 Å². The highest BCUT2D eigenvalue weighted by molar-refractivity contribution is 8.00. The van der Waals surface area contributed by atoms with E-state index in [1.807, 2.05) is 0 Å². The molecule has 0 aliphatic heterocycles. The van der Waals surface area contributed by atoms with Gasteiger partial charge < -0.3 is 20.1 Å². The molecule has 4 aromatic carbocycles. The fourth-order valence-corrected chi connectivity index (χ4v) is 5.12. The molecule has 2 amide bonds. The fourth-order valence-electron chi connectivity index (χ4n) is 3.83. The number of carbonyl (C=O) groups is 3. The monoisotopic (exact) mass is 620 g/mol. The molecule has 4 rings (SSSR count). The molecule has 0 radical (unpaired) electrons. The summed E-state index contributed by atoms with van der Waals surface area (Å²) in [7, 11) is 3.05. The lowest BCUT2D eigenvalue weighted by Gasteiger charge is -2.13. The molecule has 0 heterocycles. The van der Waals surface area contributed by atoms with E-state index in [0.29, 0.717) is 43.9 Å². The first-order valence-electron chi connectivity index (χ1n) is 12.6. The summed E-state index contributed by atoms with van der Waals surface area (Å²) in [6, 6.07) is 25.5. The van der Waals surface area contributed by atoms with Crippen LogP contribution in [0.5, 0.6) is 11.5 Å². The molecule has 0 aromatic heterocycles. The second-order valence-corrected chi connectivity index (χ2v) is 10.7. The molecule has 214 valence electrons. The Morgan fingerprint density at radius 2 is 1.60 bits per heavy atom. The normalized spacial score (nSPS) is 11.0. The van der Waals surface area contributed by atoms with Crippen LogP contribution < -0.4 is 20.1 Å². The van der Waals surface area contributed by atoms with E-state index in [2.05, 4.69) is 10.6 Å². The van der Waals surface area contributed by atoms with Crippen LogP contribution >= 0.6 is 35.0 Å². The average molecular weight is 622 g/mol. The Labute approximate surface area is 257 Å². The van der Waals surface area contributed by atoms with Crippen LogP contribution in [0.15, 0.2) is 102 Å². The smallest absolute Gasteiger partial charge is 0.272 e. The predicted octanol–water partition coefficient (Wildman–Crippen LogP) is 7.40. The molecule has 0 atom stereocenters. The summed E-state index contributed by atoms with van der Waals surface area (Å²) in [5, 5.41) is 6.29. The third-order valence-corrected chi connectivity index (χ3v) is 7.54. The molecule has 0 saturated carbocycles. The number of amides is 2. The Hall–Kier alpha value is -4.24. The molecule has 0 fully saturated rings. The van der Waals surface area contributed by atoms with Crippen LogP contribution in [0.1, 0.15) is 26.3 Å². The number of ketones is 1. The standard InChI is InChI=1S/C32H26Cl2N2O5S/c1-40-24-11-15-30(41-2)21(16-24)17-28(36-31(38)20-6-4-3-5-7-20)32(39)35-23-9-12-25(13-10-23)42-19-29(37)26-14-8-22(33)18-27(26)34/h3-18H,19H2,1-2H3,(H,35,39)(H,36,38)/b28-17-. The highest BCUT2D eigenvalue weighted by atomic mass is 35.5. The van der Waals surface area contributed by atoms with E-state index in [9.17, 15) is 14.4 Å². The first kappa shape index (κ1) is 30.7. The van der Waals surface area contributed by atoms with E-state index < -0.39 is 11.8 Å². The van der Waals surface area contributed by atoms with Crippen LogP contribution in [0.2, 0.25) is 10.0 Å². The molecule has 0 saturated heterocycles. The zero-order valence-electron chi connectivity index (χ0n) is 22.7. The molecule has 0 aliphatic carbocycles. The van der Waals surface area contributed by atoms with Crippen LogP contribution in [0.25, 0.3) is 6.08 Å². The number of methoxy groups -OCH3 is 2. The van der Waals surface area contributed by atoms with Gasteiger partial charge in [-0.15, -0.1) is 11.8 Å². The van der Waals surface area contributed by atoms with Crippen LogP contribution in [-0.2, 0) is 4.79 Å². The molecular formula is C32H26Cl2N2O5S. The van der Waals surface area contributed by atoms with Crippen molar-refractivity contribution in [3.05, 3.63) is 123 Å². The third kappa shape index (κ3) is 8.16. The van der Waals surface area contributed by atoms with Crippen LogP contribution in [0, 0.1) is 0 Å². The molecule has 0 unspecified atom stereocenters. The number of benzene rings is 4. The minimum absolute atomic E-state index is 0.000650. The van der Waals surface area contributed by atoms with E-state index >= 15 is 0 Å². The number of ether oxygens (including phenoxy) is 2. The van der Waals surface area contributed by atoms with E-state index in [1.54, 1.807) is 84.9 Å². The Balaban J connectivity index is 1.50. The van der Waals surface area contributed by atoms with E-state index in [1.165, 1.54) is 38.1 Å². The zero-order valence-corrected chi connectivity index (χ0v) is 25.0. The van der Waals surface area contributed by atoms with Crippen LogP contribution in [-0.4, -0.2) is 37.6 Å². The lowest BCUT2D eigenvalue weighted by atomic mass is 10.1. The number of hydrogen-bond donors (Lipinski definition) is 2. The first-order chi connectivity index (χ1) is 20.3.